The van der Waals surface area contributed by atoms with Crippen molar-refractivity contribution in [1.29, 1.82) is 0 Å². The number of unbranched alkanes of at least 4 members (excludes halogenated alkanes) is 12. The van der Waals surface area contributed by atoms with Crippen LogP contribution in [0.2, 0.25) is 0 Å². The maximum absolute atomic E-state index is 11.9. The summed E-state index contributed by atoms with van der Waals surface area (Å²) in [6.45, 7) is 7.45. The summed E-state index contributed by atoms with van der Waals surface area (Å²) in [5, 5.41) is 9.92. The number of aliphatic hydroxyl groups is 1. The molecule has 1 atom stereocenters. The number of carbonyl (C=O) groups is 1. The molecule has 0 saturated carbocycles. The molecule has 24 heavy (non-hydrogen) atoms. The topological polar surface area (TPSA) is 37.3 Å². The first-order valence-corrected chi connectivity index (χ1v) is 10.1. The lowest BCUT2D eigenvalue weighted by Crippen LogP contribution is -2.19. The second-order valence-electron chi connectivity index (χ2n) is 6.92. The fourth-order valence-electron chi connectivity index (χ4n) is 2.96. The molecule has 1 unspecified atom stereocenters. The Morgan fingerprint density at radius 1 is 0.708 bits per heavy atom. The van der Waals surface area contributed by atoms with Gasteiger partial charge in [-0.25, -0.2) is 0 Å². The lowest BCUT2D eigenvalue weighted by atomic mass is 10.0. The predicted octanol–water partition coefficient (Wildman–Crippen LogP) is 6.53. The molecule has 2 heteroatoms. The third kappa shape index (κ3) is 16.0. The molecular weight excluding hydrogens is 296 g/mol. The van der Waals surface area contributed by atoms with Gasteiger partial charge in [-0.15, -0.1) is 13.2 Å². The molecular formula is C22H40O2. The van der Waals surface area contributed by atoms with Gasteiger partial charge in [-0.3, -0.25) is 4.79 Å². The molecule has 0 aliphatic rings. The summed E-state index contributed by atoms with van der Waals surface area (Å²) >= 11 is 0. The summed E-state index contributed by atoms with van der Waals surface area (Å²) in [6.07, 6.45) is 20.7. The van der Waals surface area contributed by atoms with Crippen LogP contribution >= 0.6 is 0 Å². The van der Waals surface area contributed by atoms with Gasteiger partial charge in [0.15, 0.2) is 5.78 Å². The average molecular weight is 337 g/mol. The van der Waals surface area contributed by atoms with Crippen molar-refractivity contribution in [1.82, 2.24) is 0 Å². The molecule has 140 valence electrons. The first-order chi connectivity index (χ1) is 11.7. The van der Waals surface area contributed by atoms with Gasteiger partial charge in [-0.1, -0.05) is 69.9 Å². The van der Waals surface area contributed by atoms with E-state index in [0.717, 1.165) is 38.5 Å². The van der Waals surface area contributed by atoms with E-state index in [0.29, 0.717) is 12.8 Å². The average Bonchev–Trinajstić information content (AvgIpc) is 2.59. The van der Waals surface area contributed by atoms with Gasteiger partial charge < -0.3 is 5.11 Å². The van der Waals surface area contributed by atoms with Crippen LogP contribution in [0.1, 0.15) is 103 Å². The molecule has 0 rings (SSSR count). The molecule has 0 aliphatic carbocycles. The van der Waals surface area contributed by atoms with E-state index in [1.54, 1.807) is 0 Å². The third-order valence-corrected chi connectivity index (χ3v) is 4.59. The highest BCUT2D eigenvalue weighted by Gasteiger charge is 2.13. The molecule has 0 saturated heterocycles. The lowest BCUT2D eigenvalue weighted by Gasteiger charge is -2.09. The van der Waals surface area contributed by atoms with E-state index >= 15 is 0 Å². The normalized spacial score (nSPS) is 12.0. The van der Waals surface area contributed by atoms with E-state index in [-0.39, 0.29) is 5.78 Å². The highest BCUT2D eigenvalue weighted by Crippen LogP contribution is 2.13. The zero-order chi connectivity index (χ0) is 17.9. The minimum atomic E-state index is -0.724. The van der Waals surface area contributed by atoms with Gasteiger partial charge in [0, 0.05) is 6.42 Å². The Morgan fingerprint density at radius 2 is 1.12 bits per heavy atom. The van der Waals surface area contributed by atoms with Crippen molar-refractivity contribution in [3.8, 4) is 0 Å². The number of allylic oxidation sites excluding steroid dienone is 2. The van der Waals surface area contributed by atoms with Crippen molar-refractivity contribution in [3.05, 3.63) is 25.3 Å². The molecule has 0 aromatic carbocycles. The van der Waals surface area contributed by atoms with Crippen LogP contribution in [0.4, 0.5) is 0 Å². The second kappa shape index (κ2) is 18.4. The van der Waals surface area contributed by atoms with Crippen LogP contribution in [0.25, 0.3) is 0 Å². The van der Waals surface area contributed by atoms with Gasteiger partial charge in [0.2, 0.25) is 0 Å². The quantitative estimate of drug-likeness (QED) is 0.215. The zero-order valence-electron chi connectivity index (χ0n) is 15.8. The van der Waals surface area contributed by atoms with E-state index in [4.69, 9.17) is 0 Å². The van der Waals surface area contributed by atoms with Crippen molar-refractivity contribution in [2.75, 3.05) is 0 Å². The molecule has 0 heterocycles. The van der Waals surface area contributed by atoms with Gasteiger partial charge in [-0.2, -0.15) is 0 Å². The van der Waals surface area contributed by atoms with Crippen LogP contribution in [0.15, 0.2) is 25.3 Å². The molecule has 0 amide bonds. The SMILES string of the molecule is C=CCCCCCCCCC(=O)C(O)CCCCCCCCC=C. The molecule has 0 aliphatic heterocycles. The van der Waals surface area contributed by atoms with Crippen LogP contribution in [0.5, 0.6) is 0 Å². The van der Waals surface area contributed by atoms with Crippen LogP contribution in [-0.2, 0) is 4.79 Å². The van der Waals surface area contributed by atoms with E-state index in [9.17, 15) is 9.90 Å². The van der Waals surface area contributed by atoms with Crippen LogP contribution in [0, 0.1) is 0 Å². The standard InChI is InChI=1S/C22H40O2/c1-3-5-7-9-11-13-15-17-19-21(23)22(24)20-18-16-14-12-10-8-6-4-2/h3-4,21,23H,1-2,5-20H2. The Labute approximate surface area is 150 Å². The van der Waals surface area contributed by atoms with Gasteiger partial charge in [0.25, 0.3) is 0 Å². The summed E-state index contributed by atoms with van der Waals surface area (Å²) in [5.41, 5.74) is 0. The van der Waals surface area contributed by atoms with Gasteiger partial charge in [0.1, 0.15) is 6.10 Å². The number of carbonyl (C=O) groups excluding carboxylic acids is 1. The van der Waals surface area contributed by atoms with Crippen molar-refractivity contribution >= 4 is 5.78 Å². The molecule has 1 N–H and O–H groups in total. The Bertz CT molecular complexity index is 309. The summed E-state index contributed by atoms with van der Waals surface area (Å²) in [6, 6.07) is 0. The summed E-state index contributed by atoms with van der Waals surface area (Å²) in [5.74, 6) is 0.0487. The predicted molar refractivity (Wildman–Crippen MR) is 105 cm³/mol. The van der Waals surface area contributed by atoms with Crippen LogP contribution in [0.3, 0.4) is 0 Å². The first kappa shape index (κ1) is 23.1. The molecule has 2 nitrogen and oxygen atoms in total. The maximum Gasteiger partial charge on any atom is 0.161 e. The summed E-state index contributed by atoms with van der Waals surface area (Å²) in [4.78, 5) is 11.9. The lowest BCUT2D eigenvalue weighted by molar-refractivity contribution is -0.127. The molecule has 0 fully saturated rings. The van der Waals surface area contributed by atoms with E-state index in [2.05, 4.69) is 13.2 Å². The first-order valence-electron chi connectivity index (χ1n) is 10.1. The molecule has 0 radical (unpaired) electrons. The molecule has 0 aromatic rings. The Hall–Kier alpha value is -0.890. The Kier molecular flexibility index (Phi) is 17.8. The maximum atomic E-state index is 11.9. The molecule has 0 spiro atoms. The monoisotopic (exact) mass is 336 g/mol. The molecule has 0 aromatic heterocycles. The van der Waals surface area contributed by atoms with Crippen molar-refractivity contribution in [2.45, 2.75) is 109 Å². The summed E-state index contributed by atoms with van der Waals surface area (Å²) in [7, 11) is 0. The fourth-order valence-corrected chi connectivity index (χ4v) is 2.96. The van der Waals surface area contributed by atoms with Crippen LogP contribution < -0.4 is 0 Å². The highest BCUT2D eigenvalue weighted by atomic mass is 16.3. The fraction of sp³-hybridized carbons (Fsp3) is 0.773. The van der Waals surface area contributed by atoms with Gasteiger partial charge in [0.05, 0.1) is 0 Å². The number of Topliss-reactive ketones (excluding diaryl/α,β-unsaturated/α-hetero) is 1. The van der Waals surface area contributed by atoms with E-state index in [1.165, 1.54) is 51.4 Å². The highest BCUT2D eigenvalue weighted by molar-refractivity contribution is 5.82. The minimum Gasteiger partial charge on any atom is -0.385 e. The number of hydrogen-bond donors (Lipinski definition) is 1. The second-order valence-corrected chi connectivity index (χ2v) is 6.92. The third-order valence-electron chi connectivity index (χ3n) is 4.59. The van der Waals surface area contributed by atoms with Crippen molar-refractivity contribution in [3.63, 3.8) is 0 Å². The number of hydrogen-bond acceptors (Lipinski definition) is 2. The Balaban J connectivity index is 3.37. The number of aliphatic hydroxyl groups excluding tert-OH is 1. The largest absolute Gasteiger partial charge is 0.385 e. The van der Waals surface area contributed by atoms with Gasteiger partial charge in [-0.05, 0) is 38.5 Å². The van der Waals surface area contributed by atoms with Crippen LogP contribution in [-0.4, -0.2) is 17.0 Å². The minimum absolute atomic E-state index is 0.0487. The summed E-state index contributed by atoms with van der Waals surface area (Å²) < 4.78 is 0. The zero-order valence-corrected chi connectivity index (χ0v) is 15.8. The smallest absolute Gasteiger partial charge is 0.161 e. The number of rotatable bonds is 19. The Morgan fingerprint density at radius 3 is 1.62 bits per heavy atom. The van der Waals surface area contributed by atoms with Gasteiger partial charge >= 0.3 is 0 Å². The van der Waals surface area contributed by atoms with E-state index in [1.807, 2.05) is 12.2 Å². The van der Waals surface area contributed by atoms with Crippen molar-refractivity contribution in [2.24, 2.45) is 0 Å². The van der Waals surface area contributed by atoms with E-state index < -0.39 is 6.10 Å². The number of ketones is 1. The molecule has 0 bridgehead atoms. The van der Waals surface area contributed by atoms with Crippen molar-refractivity contribution < 1.29 is 9.90 Å².